The highest BCUT2D eigenvalue weighted by atomic mass is 16.3. The number of phenols is 1. The predicted octanol–water partition coefficient (Wildman–Crippen LogP) is 1.67. The van der Waals surface area contributed by atoms with E-state index >= 15 is 0 Å². The van der Waals surface area contributed by atoms with Crippen molar-refractivity contribution in [1.29, 1.82) is 0 Å². The number of aliphatic hydroxyl groups is 1. The van der Waals surface area contributed by atoms with Crippen LogP contribution in [0.15, 0.2) is 42.6 Å². The molecule has 1 aliphatic heterocycles. The Balaban J connectivity index is 1.53. The molecular weight excluding hydrogens is 406 g/mol. The number of nitrogen functional groups attached to an aromatic ring is 1. The van der Waals surface area contributed by atoms with Crippen LogP contribution in [0.3, 0.4) is 0 Å². The van der Waals surface area contributed by atoms with E-state index in [4.69, 9.17) is 5.73 Å². The maximum atomic E-state index is 10.2. The maximum absolute atomic E-state index is 10.2. The van der Waals surface area contributed by atoms with E-state index in [-0.39, 0.29) is 5.75 Å². The summed E-state index contributed by atoms with van der Waals surface area (Å²) >= 11 is 0. The molecule has 2 aromatic heterocycles. The summed E-state index contributed by atoms with van der Waals surface area (Å²) < 4.78 is 0. The topological polar surface area (TPSA) is 125 Å². The first-order valence-electron chi connectivity index (χ1n) is 10.5. The molecule has 0 amide bonds. The Morgan fingerprint density at radius 2 is 1.84 bits per heavy atom. The minimum Gasteiger partial charge on any atom is -0.507 e. The minimum absolute atomic E-state index is 0.151. The van der Waals surface area contributed by atoms with Gasteiger partial charge >= 0.3 is 0 Å². The van der Waals surface area contributed by atoms with Crippen molar-refractivity contribution >= 4 is 17.3 Å². The summed E-state index contributed by atoms with van der Waals surface area (Å²) in [5.74, 6) is 7.16. The fourth-order valence-electron chi connectivity index (χ4n) is 3.61. The molecule has 32 heavy (non-hydrogen) atoms. The molecule has 0 saturated carbocycles. The highest BCUT2D eigenvalue weighted by Crippen LogP contribution is 2.31. The molecule has 1 fully saturated rings. The first-order chi connectivity index (χ1) is 15.5. The number of aromatic nitrogens is 4. The van der Waals surface area contributed by atoms with E-state index in [1.54, 1.807) is 31.3 Å². The fourth-order valence-corrected chi connectivity index (χ4v) is 3.61. The van der Waals surface area contributed by atoms with Crippen molar-refractivity contribution in [1.82, 2.24) is 20.2 Å². The number of benzene rings is 1. The molecule has 4 N–H and O–H groups in total. The van der Waals surface area contributed by atoms with Crippen LogP contribution < -0.4 is 15.5 Å². The SMILES string of the molecule is C[C@@H](O)C#Cc1nccc(N2CCCN(c3cc(-c4ccccc4O)nnc3N)CC2)n1. The lowest BCUT2D eigenvalue weighted by atomic mass is 10.1. The summed E-state index contributed by atoms with van der Waals surface area (Å²) in [7, 11) is 0. The molecule has 0 bridgehead atoms. The van der Waals surface area contributed by atoms with Gasteiger partial charge in [-0.25, -0.2) is 9.97 Å². The number of aliphatic hydroxyl groups excluding tert-OH is 1. The predicted molar refractivity (Wildman–Crippen MR) is 123 cm³/mol. The van der Waals surface area contributed by atoms with Gasteiger partial charge in [0.2, 0.25) is 5.82 Å². The number of nitrogens with two attached hydrogens (primary N) is 1. The van der Waals surface area contributed by atoms with E-state index in [9.17, 15) is 10.2 Å². The van der Waals surface area contributed by atoms with E-state index in [1.165, 1.54) is 0 Å². The number of para-hydroxylation sites is 1. The quantitative estimate of drug-likeness (QED) is 0.531. The second-order valence-electron chi connectivity index (χ2n) is 7.53. The number of hydrogen-bond donors (Lipinski definition) is 3. The highest BCUT2D eigenvalue weighted by molar-refractivity contribution is 5.74. The van der Waals surface area contributed by atoms with Gasteiger partial charge in [0.05, 0.1) is 11.4 Å². The van der Waals surface area contributed by atoms with Crippen LogP contribution >= 0.6 is 0 Å². The molecule has 1 atom stereocenters. The first kappa shape index (κ1) is 21.3. The van der Waals surface area contributed by atoms with Gasteiger partial charge in [0, 0.05) is 37.9 Å². The third-order valence-corrected chi connectivity index (χ3v) is 5.18. The molecule has 1 aliphatic rings. The lowest BCUT2D eigenvalue weighted by Gasteiger charge is -2.25. The van der Waals surface area contributed by atoms with E-state index in [0.717, 1.165) is 44.1 Å². The van der Waals surface area contributed by atoms with E-state index in [2.05, 4.69) is 41.8 Å². The van der Waals surface area contributed by atoms with Crippen molar-refractivity contribution in [3.63, 3.8) is 0 Å². The van der Waals surface area contributed by atoms with Crippen LogP contribution in [-0.4, -0.2) is 62.7 Å². The molecule has 0 spiro atoms. The van der Waals surface area contributed by atoms with Crippen LogP contribution in [0.2, 0.25) is 0 Å². The zero-order valence-electron chi connectivity index (χ0n) is 17.8. The molecule has 1 saturated heterocycles. The van der Waals surface area contributed by atoms with Gasteiger partial charge in [0.15, 0.2) is 5.82 Å². The Hall–Kier alpha value is -3.90. The van der Waals surface area contributed by atoms with Crippen LogP contribution in [0.4, 0.5) is 17.3 Å². The van der Waals surface area contributed by atoms with Crippen LogP contribution in [0.25, 0.3) is 11.3 Å². The number of rotatable bonds is 3. The molecule has 9 nitrogen and oxygen atoms in total. The first-order valence-corrected chi connectivity index (χ1v) is 10.5. The Morgan fingerprint density at radius 3 is 2.66 bits per heavy atom. The summed E-state index contributed by atoms with van der Waals surface area (Å²) in [6, 6.07) is 10.8. The lowest BCUT2D eigenvalue weighted by molar-refractivity contribution is 0.253. The summed E-state index contributed by atoms with van der Waals surface area (Å²) in [5, 5.41) is 27.8. The number of hydrogen-bond acceptors (Lipinski definition) is 9. The van der Waals surface area contributed by atoms with Gasteiger partial charge < -0.3 is 25.7 Å². The van der Waals surface area contributed by atoms with Gasteiger partial charge in [-0.05, 0) is 43.5 Å². The third-order valence-electron chi connectivity index (χ3n) is 5.18. The largest absolute Gasteiger partial charge is 0.507 e. The second-order valence-corrected chi connectivity index (χ2v) is 7.53. The molecule has 3 aromatic rings. The fraction of sp³-hybridized carbons (Fsp3) is 0.304. The smallest absolute Gasteiger partial charge is 0.206 e. The zero-order chi connectivity index (χ0) is 22.5. The normalized spacial score (nSPS) is 14.9. The van der Waals surface area contributed by atoms with E-state index in [0.29, 0.717) is 22.9 Å². The van der Waals surface area contributed by atoms with Gasteiger partial charge in [-0.3, -0.25) is 0 Å². The van der Waals surface area contributed by atoms with Gasteiger partial charge in [0.25, 0.3) is 0 Å². The van der Waals surface area contributed by atoms with Crippen molar-refractivity contribution in [2.75, 3.05) is 41.7 Å². The van der Waals surface area contributed by atoms with Crippen LogP contribution in [0.5, 0.6) is 5.75 Å². The molecule has 4 rings (SSSR count). The van der Waals surface area contributed by atoms with Crippen molar-refractivity contribution in [2.24, 2.45) is 0 Å². The standard InChI is InChI=1S/C23H25N7O2/c1-16(31)7-8-21-25-10-9-22(26-21)30-12-4-11-29(13-14-30)19-15-18(27-28-23(19)24)17-5-2-3-6-20(17)32/h2-3,5-6,9-10,15-16,31-32H,4,11-14H2,1H3,(H2,24,28)/t16-/m1/s1. The molecule has 164 valence electrons. The number of anilines is 3. The minimum atomic E-state index is -0.726. The van der Waals surface area contributed by atoms with Crippen LogP contribution in [-0.2, 0) is 0 Å². The average Bonchev–Trinajstić information content (AvgIpc) is 3.05. The Bertz CT molecular complexity index is 1160. The van der Waals surface area contributed by atoms with Crippen molar-refractivity contribution in [3.05, 3.63) is 48.4 Å². The summed E-state index contributed by atoms with van der Waals surface area (Å²) in [5.41, 5.74) is 8.15. The average molecular weight is 432 g/mol. The van der Waals surface area contributed by atoms with Crippen LogP contribution in [0, 0.1) is 11.8 Å². The van der Waals surface area contributed by atoms with Crippen molar-refractivity contribution in [3.8, 4) is 28.8 Å². The molecule has 9 heteroatoms. The molecule has 0 aliphatic carbocycles. The Kier molecular flexibility index (Phi) is 6.33. The van der Waals surface area contributed by atoms with E-state index < -0.39 is 6.10 Å². The molecule has 3 heterocycles. The molecule has 0 radical (unpaired) electrons. The monoisotopic (exact) mass is 431 g/mol. The van der Waals surface area contributed by atoms with Gasteiger partial charge in [-0.2, -0.15) is 0 Å². The Morgan fingerprint density at radius 1 is 1.06 bits per heavy atom. The summed E-state index contributed by atoms with van der Waals surface area (Å²) in [6.45, 7) is 4.67. The number of nitrogens with zero attached hydrogens (tertiary/aromatic N) is 6. The van der Waals surface area contributed by atoms with Gasteiger partial charge in [-0.1, -0.05) is 18.1 Å². The van der Waals surface area contributed by atoms with Crippen molar-refractivity contribution in [2.45, 2.75) is 19.4 Å². The second kappa shape index (κ2) is 9.49. The number of phenolic OH excluding ortho intramolecular Hbond substituents is 1. The summed E-state index contributed by atoms with van der Waals surface area (Å²) in [4.78, 5) is 13.1. The molecule has 1 aromatic carbocycles. The van der Waals surface area contributed by atoms with E-state index in [1.807, 2.05) is 18.2 Å². The van der Waals surface area contributed by atoms with Gasteiger partial charge in [0.1, 0.15) is 17.7 Å². The molecular formula is C23H25N7O2. The van der Waals surface area contributed by atoms with Gasteiger partial charge in [-0.15, -0.1) is 10.2 Å². The Labute approximate surface area is 186 Å². The highest BCUT2D eigenvalue weighted by Gasteiger charge is 2.20. The third kappa shape index (κ3) is 4.87. The van der Waals surface area contributed by atoms with Crippen molar-refractivity contribution < 1.29 is 10.2 Å². The van der Waals surface area contributed by atoms with Crippen LogP contribution in [0.1, 0.15) is 19.2 Å². The molecule has 0 unspecified atom stereocenters. The summed E-state index contributed by atoms with van der Waals surface area (Å²) in [6.07, 6.45) is 1.85. The number of aromatic hydroxyl groups is 1. The maximum Gasteiger partial charge on any atom is 0.206 e. The zero-order valence-corrected chi connectivity index (χ0v) is 17.8. The lowest BCUT2D eigenvalue weighted by Crippen LogP contribution is -2.31.